The second kappa shape index (κ2) is 4.21. The Hall–Kier alpha value is 0.110. The molecule has 2 atom stereocenters. The SMILES string of the molecule is CC(N)CS(=O)CC1CCC1. The van der Waals surface area contributed by atoms with Crippen molar-refractivity contribution >= 4 is 10.8 Å². The van der Waals surface area contributed by atoms with E-state index in [0.717, 1.165) is 11.7 Å². The van der Waals surface area contributed by atoms with E-state index in [1.807, 2.05) is 6.92 Å². The lowest BCUT2D eigenvalue weighted by molar-refractivity contribution is 0.350. The van der Waals surface area contributed by atoms with Crippen LogP contribution in [0, 0.1) is 5.92 Å². The van der Waals surface area contributed by atoms with Crippen LogP contribution in [0.1, 0.15) is 26.2 Å². The van der Waals surface area contributed by atoms with Crippen molar-refractivity contribution in [2.24, 2.45) is 11.7 Å². The van der Waals surface area contributed by atoms with Gasteiger partial charge in [0.1, 0.15) is 0 Å². The van der Waals surface area contributed by atoms with Crippen LogP contribution in [0.3, 0.4) is 0 Å². The highest BCUT2D eigenvalue weighted by atomic mass is 32.2. The molecule has 0 bridgehead atoms. The van der Waals surface area contributed by atoms with Gasteiger partial charge in [-0.3, -0.25) is 4.21 Å². The van der Waals surface area contributed by atoms with Crippen LogP contribution in [-0.2, 0) is 10.8 Å². The van der Waals surface area contributed by atoms with Gasteiger partial charge in [-0.2, -0.15) is 0 Å². The van der Waals surface area contributed by atoms with Crippen molar-refractivity contribution in [1.82, 2.24) is 0 Å². The van der Waals surface area contributed by atoms with Crippen LogP contribution in [0.15, 0.2) is 0 Å². The van der Waals surface area contributed by atoms with Crippen LogP contribution in [0.4, 0.5) is 0 Å². The van der Waals surface area contributed by atoms with Gasteiger partial charge in [-0.25, -0.2) is 0 Å². The molecule has 1 rings (SSSR count). The first-order chi connectivity index (χ1) is 5.18. The highest BCUT2D eigenvalue weighted by molar-refractivity contribution is 7.85. The first-order valence-corrected chi connectivity index (χ1v) is 5.78. The Morgan fingerprint density at radius 1 is 1.64 bits per heavy atom. The fraction of sp³-hybridized carbons (Fsp3) is 1.00. The quantitative estimate of drug-likeness (QED) is 0.689. The van der Waals surface area contributed by atoms with E-state index in [0.29, 0.717) is 5.75 Å². The Morgan fingerprint density at radius 2 is 2.27 bits per heavy atom. The average Bonchev–Trinajstić information content (AvgIpc) is 1.77. The van der Waals surface area contributed by atoms with Crippen molar-refractivity contribution in [3.8, 4) is 0 Å². The fourth-order valence-corrected chi connectivity index (χ4v) is 2.87. The van der Waals surface area contributed by atoms with Gasteiger partial charge in [0.05, 0.1) is 0 Å². The topological polar surface area (TPSA) is 43.1 Å². The molecule has 1 aliphatic rings. The molecular formula is C8H17NOS. The van der Waals surface area contributed by atoms with E-state index in [-0.39, 0.29) is 6.04 Å². The molecule has 1 fully saturated rings. The summed E-state index contributed by atoms with van der Waals surface area (Å²) in [6, 6.07) is 0.0934. The van der Waals surface area contributed by atoms with Crippen molar-refractivity contribution in [3.05, 3.63) is 0 Å². The second-order valence-electron chi connectivity index (χ2n) is 3.55. The number of nitrogens with two attached hydrogens (primary N) is 1. The summed E-state index contributed by atoms with van der Waals surface area (Å²) < 4.78 is 11.3. The maximum absolute atomic E-state index is 11.3. The Kier molecular flexibility index (Phi) is 3.52. The third-order valence-corrected chi connectivity index (χ3v) is 3.84. The third-order valence-electron chi connectivity index (χ3n) is 2.10. The number of rotatable bonds is 4. The predicted molar refractivity (Wildman–Crippen MR) is 48.9 cm³/mol. The zero-order chi connectivity index (χ0) is 8.27. The van der Waals surface area contributed by atoms with Gasteiger partial charge in [-0.1, -0.05) is 6.42 Å². The van der Waals surface area contributed by atoms with Gasteiger partial charge in [0.15, 0.2) is 0 Å². The molecule has 0 saturated heterocycles. The summed E-state index contributed by atoms with van der Waals surface area (Å²) >= 11 is 0. The smallest absolute Gasteiger partial charge is 0.0384 e. The summed E-state index contributed by atoms with van der Waals surface area (Å²) in [4.78, 5) is 0. The molecule has 3 heteroatoms. The molecule has 0 aliphatic heterocycles. The van der Waals surface area contributed by atoms with Crippen molar-refractivity contribution in [1.29, 1.82) is 0 Å². The summed E-state index contributed by atoms with van der Waals surface area (Å²) in [5.41, 5.74) is 5.54. The van der Waals surface area contributed by atoms with E-state index in [1.165, 1.54) is 19.3 Å². The minimum absolute atomic E-state index is 0.0934. The molecule has 0 amide bonds. The molecule has 0 aromatic carbocycles. The molecule has 1 saturated carbocycles. The maximum Gasteiger partial charge on any atom is 0.0384 e. The molecule has 0 radical (unpaired) electrons. The standard InChI is InChI=1S/C8H17NOS/c1-7(9)5-11(10)6-8-3-2-4-8/h7-8H,2-6,9H2,1H3. The number of hydrogen-bond acceptors (Lipinski definition) is 2. The summed E-state index contributed by atoms with van der Waals surface area (Å²) in [6.45, 7) is 1.92. The summed E-state index contributed by atoms with van der Waals surface area (Å²) in [7, 11) is -0.654. The summed E-state index contributed by atoms with van der Waals surface area (Å²) in [5.74, 6) is 2.31. The van der Waals surface area contributed by atoms with Crippen LogP contribution in [0.5, 0.6) is 0 Å². The zero-order valence-electron chi connectivity index (χ0n) is 7.08. The van der Waals surface area contributed by atoms with Gasteiger partial charge in [0.25, 0.3) is 0 Å². The maximum atomic E-state index is 11.3. The van der Waals surface area contributed by atoms with Gasteiger partial charge in [0, 0.05) is 28.3 Å². The minimum atomic E-state index is -0.654. The van der Waals surface area contributed by atoms with E-state index in [9.17, 15) is 4.21 Å². The van der Waals surface area contributed by atoms with Crippen molar-refractivity contribution < 1.29 is 4.21 Å². The molecule has 1 aliphatic carbocycles. The average molecular weight is 175 g/mol. The van der Waals surface area contributed by atoms with Gasteiger partial charge < -0.3 is 5.73 Å². The lowest BCUT2D eigenvalue weighted by atomic mass is 9.87. The monoisotopic (exact) mass is 175 g/mol. The molecule has 66 valence electrons. The van der Waals surface area contributed by atoms with Gasteiger partial charge in [-0.05, 0) is 25.7 Å². The predicted octanol–water partition coefficient (Wildman–Crippen LogP) is 0.882. The van der Waals surface area contributed by atoms with E-state index in [1.54, 1.807) is 0 Å². The lowest BCUT2D eigenvalue weighted by Crippen LogP contribution is -2.27. The largest absolute Gasteiger partial charge is 0.327 e. The van der Waals surface area contributed by atoms with E-state index >= 15 is 0 Å². The normalized spacial score (nSPS) is 24.2. The summed E-state index contributed by atoms with van der Waals surface area (Å²) in [6.07, 6.45) is 3.90. The molecule has 11 heavy (non-hydrogen) atoms. The van der Waals surface area contributed by atoms with Crippen molar-refractivity contribution in [2.75, 3.05) is 11.5 Å². The molecular weight excluding hydrogens is 158 g/mol. The first kappa shape index (κ1) is 9.20. The van der Waals surface area contributed by atoms with Gasteiger partial charge in [-0.15, -0.1) is 0 Å². The Bertz CT molecular complexity index is 143. The Labute approximate surface area is 71.0 Å². The second-order valence-corrected chi connectivity index (χ2v) is 5.09. The van der Waals surface area contributed by atoms with E-state index in [2.05, 4.69) is 0 Å². The molecule has 0 heterocycles. The van der Waals surface area contributed by atoms with Crippen LogP contribution in [0.25, 0.3) is 0 Å². The van der Waals surface area contributed by atoms with Crippen LogP contribution in [0.2, 0.25) is 0 Å². The highest BCUT2D eigenvalue weighted by Crippen LogP contribution is 2.26. The van der Waals surface area contributed by atoms with Gasteiger partial charge in [0.2, 0.25) is 0 Å². The van der Waals surface area contributed by atoms with Crippen molar-refractivity contribution in [3.63, 3.8) is 0 Å². The lowest BCUT2D eigenvalue weighted by Gasteiger charge is -2.24. The molecule has 0 aromatic rings. The third kappa shape index (κ3) is 3.34. The molecule has 2 nitrogen and oxygen atoms in total. The van der Waals surface area contributed by atoms with Gasteiger partial charge >= 0.3 is 0 Å². The molecule has 0 spiro atoms. The van der Waals surface area contributed by atoms with E-state index < -0.39 is 10.8 Å². The highest BCUT2D eigenvalue weighted by Gasteiger charge is 2.19. The molecule has 0 aromatic heterocycles. The van der Waals surface area contributed by atoms with E-state index in [4.69, 9.17) is 5.73 Å². The first-order valence-electron chi connectivity index (χ1n) is 4.29. The van der Waals surface area contributed by atoms with Crippen LogP contribution >= 0.6 is 0 Å². The molecule has 2 N–H and O–H groups in total. The number of hydrogen-bond donors (Lipinski definition) is 1. The Balaban J connectivity index is 2.09. The minimum Gasteiger partial charge on any atom is -0.327 e. The van der Waals surface area contributed by atoms with Crippen LogP contribution < -0.4 is 5.73 Å². The zero-order valence-corrected chi connectivity index (χ0v) is 7.90. The summed E-state index contributed by atoms with van der Waals surface area (Å²) in [5, 5.41) is 0. The van der Waals surface area contributed by atoms with Crippen molar-refractivity contribution in [2.45, 2.75) is 32.2 Å². The van der Waals surface area contributed by atoms with Crippen LogP contribution in [-0.4, -0.2) is 21.8 Å². The fourth-order valence-electron chi connectivity index (χ4n) is 1.28. The molecule has 2 unspecified atom stereocenters. The Morgan fingerprint density at radius 3 is 2.64 bits per heavy atom.